The third kappa shape index (κ3) is 4.29. The molecule has 0 aliphatic rings. The van der Waals surface area contributed by atoms with Crippen LogP contribution in [0.25, 0.3) is 16.6 Å². The number of halogens is 1. The normalized spacial score (nSPS) is 12.0. The van der Waals surface area contributed by atoms with E-state index in [9.17, 15) is 9.59 Å². The Kier molecular flexibility index (Phi) is 6.35. The Hall–Kier alpha value is -3.09. The number of fused-ring (bicyclic) bond motifs is 1. The Bertz CT molecular complexity index is 1360. The van der Waals surface area contributed by atoms with Crippen LogP contribution in [-0.4, -0.2) is 20.7 Å². The summed E-state index contributed by atoms with van der Waals surface area (Å²) in [6.07, 6.45) is 0. The molecular weight excluding hydrogens is 442 g/mol. The van der Waals surface area contributed by atoms with Crippen molar-refractivity contribution in [2.24, 2.45) is 0 Å². The molecule has 0 aliphatic heterocycles. The van der Waals surface area contributed by atoms with Gasteiger partial charge in [-0.2, -0.15) is 0 Å². The molecule has 1 aromatic heterocycles. The van der Waals surface area contributed by atoms with Gasteiger partial charge in [0.25, 0.3) is 5.56 Å². The van der Waals surface area contributed by atoms with E-state index in [-0.39, 0.29) is 11.5 Å². The average molecular weight is 464 g/mol. The number of para-hydroxylation sites is 3. The lowest BCUT2D eigenvalue weighted by atomic mass is 10.1. The zero-order valence-electron chi connectivity index (χ0n) is 17.9. The topological polar surface area (TPSA) is 64.0 Å². The van der Waals surface area contributed by atoms with E-state index in [1.54, 1.807) is 43.3 Å². The molecule has 4 rings (SSSR count). The molecule has 32 heavy (non-hydrogen) atoms. The van der Waals surface area contributed by atoms with Crippen LogP contribution in [0, 0.1) is 13.8 Å². The number of nitrogens with one attached hydrogen (secondary N) is 1. The van der Waals surface area contributed by atoms with Gasteiger partial charge >= 0.3 is 0 Å². The van der Waals surface area contributed by atoms with Crippen molar-refractivity contribution in [3.63, 3.8) is 0 Å². The smallest absolute Gasteiger partial charge is 0.266 e. The molecule has 4 aromatic rings. The van der Waals surface area contributed by atoms with Gasteiger partial charge in [0, 0.05) is 5.69 Å². The molecular formula is C25H22ClN3O2S. The SMILES string of the molecule is Cc1cccc(C)c1NC(=O)C(C)Sc1nc2ccccc2c(=O)n1-c1ccccc1Cl. The predicted molar refractivity (Wildman–Crippen MR) is 132 cm³/mol. The van der Waals surface area contributed by atoms with Crippen molar-refractivity contribution in [1.29, 1.82) is 0 Å². The lowest BCUT2D eigenvalue weighted by Crippen LogP contribution is -2.26. The van der Waals surface area contributed by atoms with Crippen molar-refractivity contribution in [2.45, 2.75) is 31.2 Å². The number of anilines is 1. The van der Waals surface area contributed by atoms with Crippen LogP contribution in [0.3, 0.4) is 0 Å². The van der Waals surface area contributed by atoms with E-state index in [4.69, 9.17) is 16.6 Å². The molecule has 0 saturated carbocycles. The zero-order valence-corrected chi connectivity index (χ0v) is 19.5. The second-order valence-electron chi connectivity index (χ2n) is 7.52. The molecule has 162 valence electrons. The minimum absolute atomic E-state index is 0.166. The molecule has 0 fully saturated rings. The van der Waals surface area contributed by atoms with Crippen LogP contribution in [0.15, 0.2) is 76.7 Å². The lowest BCUT2D eigenvalue weighted by molar-refractivity contribution is -0.115. The summed E-state index contributed by atoms with van der Waals surface area (Å²) in [5.74, 6) is -0.166. The summed E-state index contributed by atoms with van der Waals surface area (Å²) >= 11 is 7.64. The highest BCUT2D eigenvalue weighted by molar-refractivity contribution is 8.00. The summed E-state index contributed by atoms with van der Waals surface area (Å²) < 4.78 is 1.48. The summed E-state index contributed by atoms with van der Waals surface area (Å²) in [6.45, 7) is 5.71. The van der Waals surface area contributed by atoms with Gasteiger partial charge in [-0.25, -0.2) is 4.98 Å². The van der Waals surface area contributed by atoms with Gasteiger partial charge in [0.05, 0.1) is 26.9 Å². The second-order valence-corrected chi connectivity index (χ2v) is 9.23. The first kappa shape index (κ1) is 22.1. The number of hydrogen-bond acceptors (Lipinski definition) is 4. The van der Waals surface area contributed by atoms with Crippen LogP contribution >= 0.6 is 23.4 Å². The van der Waals surface area contributed by atoms with E-state index in [0.717, 1.165) is 16.8 Å². The number of hydrogen-bond donors (Lipinski definition) is 1. The minimum Gasteiger partial charge on any atom is -0.325 e. The largest absolute Gasteiger partial charge is 0.325 e. The Morgan fingerprint density at radius 2 is 1.66 bits per heavy atom. The maximum Gasteiger partial charge on any atom is 0.266 e. The Balaban J connectivity index is 1.75. The number of carbonyl (C=O) groups is 1. The molecule has 1 amide bonds. The molecule has 7 heteroatoms. The van der Waals surface area contributed by atoms with Gasteiger partial charge in [0.15, 0.2) is 5.16 Å². The van der Waals surface area contributed by atoms with E-state index < -0.39 is 5.25 Å². The van der Waals surface area contributed by atoms with Gasteiger partial charge in [-0.1, -0.05) is 65.8 Å². The van der Waals surface area contributed by atoms with Gasteiger partial charge < -0.3 is 5.32 Å². The van der Waals surface area contributed by atoms with Crippen LogP contribution in [0.5, 0.6) is 0 Å². The van der Waals surface area contributed by atoms with Crippen molar-refractivity contribution in [3.05, 3.63) is 93.2 Å². The molecule has 5 nitrogen and oxygen atoms in total. The Morgan fingerprint density at radius 3 is 2.38 bits per heavy atom. The summed E-state index contributed by atoms with van der Waals surface area (Å²) in [6, 6.07) is 20.2. The van der Waals surface area contributed by atoms with Crippen LogP contribution in [0.4, 0.5) is 5.69 Å². The number of benzene rings is 3. The summed E-state index contributed by atoms with van der Waals surface area (Å²) in [5, 5.41) is 3.85. The van der Waals surface area contributed by atoms with E-state index in [1.807, 2.05) is 44.2 Å². The van der Waals surface area contributed by atoms with E-state index in [1.165, 1.54) is 16.3 Å². The number of carbonyl (C=O) groups excluding carboxylic acids is 1. The van der Waals surface area contributed by atoms with Gasteiger partial charge in [0.2, 0.25) is 5.91 Å². The van der Waals surface area contributed by atoms with Gasteiger partial charge in [-0.05, 0) is 56.2 Å². The maximum absolute atomic E-state index is 13.4. The number of aromatic nitrogens is 2. The summed E-state index contributed by atoms with van der Waals surface area (Å²) in [5.41, 5.74) is 3.67. The maximum atomic E-state index is 13.4. The molecule has 1 N–H and O–H groups in total. The standard InChI is InChI=1S/C25H22ClN3O2S/c1-15-9-8-10-16(2)22(15)28-23(30)17(3)32-25-27-20-13-6-4-11-18(20)24(31)29(25)21-14-7-5-12-19(21)26/h4-14,17H,1-3H3,(H,28,30). The van der Waals surface area contributed by atoms with Gasteiger partial charge in [0.1, 0.15) is 0 Å². The van der Waals surface area contributed by atoms with Crippen LogP contribution in [0.1, 0.15) is 18.1 Å². The quantitative estimate of drug-likeness (QED) is 0.301. The molecule has 0 saturated heterocycles. The van der Waals surface area contributed by atoms with Crippen LogP contribution in [0.2, 0.25) is 5.02 Å². The fraction of sp³-hybridized carbons (Fsp3) is 0.160. The molecule has 0 bridgehead atoms. The van der Waals surface area contributed by atoms with Crippen LogP contribution < -0.4 is 10.9 Å². The minimum atomic E-state index is -0.504. The first-order valence-corrected chi connectivity index (χ1v) is 11.4. The highest BCUT2D eigenvalue weighted by atomic mass is 35.5. The first-order chi connectivity index (χ1) is 15.4. The van der Waals surface area contributed by atoms with Crippen molar-refractivity contribution < 1.29 is 4.79 Å². The first-order valence-electron chi connectivity index (χ1n) is 10.2. The Labute approximate surface area is 195 Å². The predicted octanol–water partition coefficient (Wildman–Crippen LogP) is 5.78. The monoisotopic (exact) mass is 463 g/mol. The fourth-order valence-electron chi connectivity index (χ4n) is 3.49. The second kappa shape index (κ2) is 9.18. The number of aryl methyl sites for hydroxylation is 2. The molecule has 0 radical (unpaired) electrons. The third-order valence-corrected chi connectivity index (χ3v) is 6.59. The lowest BCUT2D eigenvalue weighted by Gasteiger charge is -2.18. The van der Waals surface area contributed by atoms with Gasteiger partial charge in [-0.3, -0.25) is 14.2 Å². The molecule has 1 unspecified atom stereocenters. The fourth-order valence-corrected chi connectivity index (χ4v) is 4.63. The van der Waals surface area contributed by atoms with Crippen molar-refractivity contribution in [2.75, 3.05) is 5.32 Å². The summed E-state index contributed by atoms with van der Waals surface area (Å²) in [7, 11) is 0. The van der Waals surface area contributed by atoms with Crippen LogP contribution in [-0.2, 0) is 4.79 Å². The Morgan fingerprint density at radius 1 is 1.00 bits per heavy atom. The number of nitrogens with zero attached hydrogens (tertiary/aromatic N) is 2. The highest BCUT2D eigenvalue weighted by Gasteiger charge is 2.22. The third-order valence-electron chi connectivity index (χ3n) is 5.22. The van der Waals surface area contributed by atoms with Crippen molar-refractivity contribution in [3.8, 4) is 5.69 Å². The van der Waals surface area contributed by atoms with E-state index in [0.29, 0.717) is 26.8 Å². The molecule has 0 spiro atoms. The summed E-state index contributed by atoms with van der Waals surface area (Å²) in [4.78, 5) is 31.1. The van der Waals surface area contributed by atoms with Crippen molar-refractivity contribution >= 4 is 45.9 Å². The molecule has 0 aliphatic carbocycles. The highest BCUT2D eigenvalue weighted by Crippen LogP contribution is 2.29. The average Bonchev–Trinajstić information content (AvgIpc) is 2.77. The number of thioether (sulfide) groups is 1. The number of rotatable bonds is 5. The molecule has 3 aromatic carbocycles. The van der Waals surface area contributed by atoms with Crippen molar-refractivity contribution in [1.82, 2.24) is 9.55 Å². The molecule has 1 heterocycles. The van der Waals surface area contributed by atoms with E-state index >= 15 is 0 Å². The van der Waals surface area contributed by atoms with E-state index in [2.05, 4.69) is 5.32 Å². The molecule has 1 atom stereocenters. The number of amides is 1. The van der Waals surface area contributed by atoms with Gasteiger partial charge in [-0.15, -0.1) is 0 Å². The zero-order chi connectivity index (χ0) is 22.8.